The monoisotopic (exact) mass is 369 g/mol. The lowest BCUT2D eigenvalue weighted by molar-refractivity contribution is -0.120. The first kappa shape index (κ1) is 20.0. The molecule has 2 atom stereocenters. The van der Waals surface area contributed by atoms with E-state index in [0.29, 0.717) is 11.4 Å². The summed E-state index contributed by atoms with van der Waals surface area (Å²) >= 11 is 0. The van der Waals surface area contributed by atoms with E-state index in [2.05, 4.69) is 26.3 Å². The van der Waals surface area contributed by atoms with E-state index in [1.807, 2.05) is 32.0 Å². The third kappa shape index (κ3) is 6.17. The molecule has 2 aromatic rings. The van der Waals surface area contributed by atoms with Crippen LogP contribution in [0.2, 0.25) is 0 Å². The lowest BCUT2D eigenvalue weighted by Crippen LogP contribution is -2.54. The molecule has 7 N–H and O–H groups in total. The number of benzene rings is 2. The van der Waals surface area contributed by atoms with Gasteiger partial charge in [-0.3, -0.25) is 14.9 Å². The summed E-state index contributed by atoms with van der Waals surface area (Å²) in [5.41, 5.74) is 8.99. The highest BCUT2D eigenvalue weighted by Crippen LogP contribution is 2.11. The van der Waals surface area contributed by atoms with Crippen LogP contribution in [0.25, 0.3) is 0 Å². The molecule has 0 bridgehead atoms. The van der Waals surface area contributed by atoms with Gasteiger partial charge in [0.25, 0.3) is 11.8 Å². The number of aryl methyl sites for hydroxylation is 2. The second-order valence-corrected chi connectivity index (χ2v) is 6.00. The Hall–Kier alpha value is -3.30. The van der Waals surface area contributed by atoms with Crippen molar-refractivity contribution in [2.75, 3.05) is 10.6 Å². The number of nitrogens with one attached hydrogen (secondary N) is 3. The normalized spacial score (nSPS) is 13.1. The fourth-order valence-electron chi connectivity index (χ4n) is 2.35. The van der Waals surface area contributed by atoms with Gasteiger partial charge in [-0.15, -0.1) is 5.11 Å². The van der Waals surface area contributed by atoms with Crippen molar-refractivity contribution in [1.29, 1.82) is 0 Å². The van der Waals surface area contributed by atoms with Crippen LogP contribution < -0.4 is 27.5 Å². The summed E-state index contributed by atoms with van der Waals surface area (Å²) in [7, 11) is 0. The summed E-state index contributed by atoms with van der Waals surface area (Å²) in [5.74, 6) is 4.00. The molecular formula is C18H23N7O2. The van der Waals surface area contributed by atoms with Crippen LogP contribution in [0, 0.1) is 13.8 Å². The highest BCUT2D eigenvalue weighted by Gasteiger charge is 2.24. The molecule has 27 heavy (non-hydrogen) atoms. The molecule has 0 saturated carbocycles. The van der Waals surface area contributed by atoms with Crippen LogP contribution in [0.15, 0.2) is 58.9 Å². The molecule has 0 fully saturated rings. The minimum atomic E-state index is -1.23. The van der Waals surface area contributed by atoms with E-state index in [-0.39, 0.29) is 0 Å². The van der Waals surface area contributed by atoms with Gasteiger partial charge in [-0.2, -0.15) is 0 Å². The largest absolute Gasteiger partial charge is 0.324 e. The van der Waals surface area contributed by atoms with E-state index in [1.54, 1.807) is 30.3 Å². The Morgan fingerprint density at radius 1 is 0.926 bits per heavy atom. The van der Waals surface area contributed by atoms with Gasteiger partial charge in [0.1, 0.15) is 6.17 Å². The van der Waals surface area contributed by atoms with Crippen LogP contribution >= 0.6 is 0 Å². The number of carbonyl (C=O) groups excluding carboxylic acids is 2. The molecular weight excluding hydrogens is 346 g/mol. The Bertz CT molecular complexity index is 838. The maximum absolute atomic E-state index is 12.4. The summed E-state index contributed by atoms with van der Waals surface area (Å²) < 4.78 is 0. The molecule has 0 aliphatic heterocycles. The number of hydrogen-bond acceptors (Lipinski definition) is 6. The van der Waals surface area contributed by atoms with Crippen LogP contribution in [-0.2, 0) is 9.59 Å². The lowest BCUT2D eigenvalue weighted by Gasteiger charge is -2.18. The minimum absolute atomic E-state index is 0.527. The fourth-order valence-corrected chi connectivity index (χ4v) is 2.35. The number of amides is 2. The Balaban J connectivity index is 2.01. The zero-order chi connectivity index (χ0) is 19.8. The Kier molecular flexibility index (Phi) is 6.98. The van der Waals surface area contributed by atoms with Crippen LogP contribution in [0.3, 0.4) is 0 Å². The maximum atomic E-state index is 12.4. The van der Waals surface area contributed by atoms with Gasteiger partial charge in [0.15, 0.2) is 0 Å². The Labute approximate surface area is 157 Å². The van der Waals surface area contributed by atoms with E-state index in [9.17, 15) is 9.59 Å². The molecule has 0 aromatic heterocycles. The van der Waals surface area contributed by atoms with Crippen molar-refractivity contribution in [3.8, 4) is 0 Å². The number of nitrogens with two attached hydrogens (primary N) is 2. The summed E-state index contributed by atoms with van der Waals surface area (Å²) in [6.45, 7) is 3.80. The van der Waals surface area contributed by atoms with Gasteiger partial charge in [0.05, 0.1) is 0 Å². The molecule has 0 aliphatic rings. The van der Waals surface area contributed by atoms with Crippen molar-refractivity contribution in [3.63, 3.8) is 0 Å². The topological polar surface area (TPSA) is 147 Å². The second kappa shape index (κ2) is 9.41. The average molecular weight is 369 g/mol. The fraction of sp³-hybridized carbons (Fsp3) is 0.222. The van der Waals surface area contributed by atoms with Crippen molar-refractivity contribution in [1.82, 2.24) is 5.32 Å². The first-order valence-electron chi connectivity index (χ1n) is 8.26. The first-order valence-corrected chi connectivity index (χ1v) is 8.26. The number of nitrogens with zero attached hydrogens (tertiary/aromatic N) is 2. The molecule has 9 heteroatoms. The number of carbonyl (C=O) groups is 2. The zero-order valence-electron chi connectivity index (χ0n) is 15.1. The number of anilines is 2. The van der Waals surface area contributed by atoms with Crippen LogP contribution in [0.1, 0.15) is 11.1 Å². The first-order chi connectivity index (χ1) is 12.9. The van der Waals surface area contributed by atoms with Crippen LogP contribution in [0.5, 0.6) is 0 Å². The van der Waals surface area contributed by atoms with Crippen molar-refractivity contribution in [2.45, 2.75) is 26.2 Å². The van der Waals surface area contributed by atoms with Crippen molar-refractivity contribution in [3.05, 3.63) is 59.7 Å². The molecule has 2 amide bonds. The van der Waals surface area contributed by atoms with Crippen molar-refractivity contribution < 1.29 is 9.59 Å². The predicted octanol–water partition coefficient (Wildman–Crippen LogP) is 1.41. The average Bonchev–Trinajstić information content (AvgIpc) is 2.61. The molecule has 2 rings (SSSR count). The van der Waals surface area contributed by atoms with Gasteiger partial charge in [-0.05, 0) is 49.2 Å². The summed E-state index contributed by atoms with van der Waals surface area (Å²) in [5, 5.41) is 14.7. The van der Waals surface area contributed by atoms with E-state index in [4.69, 9.17) is 11.6 Å². The smallest absolute Gasteiger partial charge is 0.266 e. The SMILES string of the molecule is Cc1cccc(NC(=O)C(N)NC(N=NN)C(=O)Nc2cccc(C)c2)c1. The number of hydrogen-bond donors (Lipinski definition) is 5. The predicted molar refractivity (Wildman–Crippen MR) is 104 cm³/mol. The van der Waals surface area contributed by atoms with E-state index in [0.717, 1.165) is 11.1 Å². The van der Waals surface area contributed by atoms with Gasteiger partial charge in [-0.1, -0.05) is 29.5 Å². The molecule has 0 saturated heterocycles. The van der Waals surface area contributed by atoms with Gasteiger partial charge < -0.3 is 22.2 Å². The standard InChI is InChI=1S/C18H23N7O2/c1-11-5-3-7-13(9-11)21-17(26)15(19)23-16(24-25-20)18(27)22-14-8-4-6-12(2)10-14/h3-10,15-16,23H,19H2,1-2H3,(H2,20,24)(H,21,26)(H,22,27). The van der Waals surface area contributed by atoms with Crippen molar-refractivity contribution in [2.24, 2.45) is 21.9 Å². The van der Waals surface area contributed by atoms with Gasteiger partial charge in [-0.25, -0.2) is 0 Å². The van der Waals surface area contributed by atoms with Gasteiger partial charge in [0, 0.05) is 11.4 Å². The van der Waals surface area contributed by atoms with Crippen molar-refractivity contribution >= 4 is 23.2 Å². The maximum Gasteiger partial charge on any atom is 0.266 e. The summed E-state index contributed by atoms with van der Waals surface area (Å²) in [6, 6.07) is 14.5. The highest BCUT2D eigenvalue weighted by molar-refractivity contribution is 5.97. The second-order valence-electron chi connectivity index (χ2n) is 6.00. The Morgan fingerprint density at radius 3 is 1.93 bits per heavy atom. The summed E-state index contributed by atoms with van der Waals surface area (Å²) in [4.78, 5) is 24.7. The lowest BCUT2D eigenvalue weighted by atomic mass is 10.2. The van der Waals surface area contributed by atoms with Crippen LogP contribution in [-0.4, -0.2) is 24.1 Å². The molecule has 0 aliphatic carbocycles. The van der Waals surface area contributed by atoms with E-state index < -0.39 is 24.1 Å². The molecule has 0 spiro atoms. The van der Waals surface area contributed by atoms with E-state index >= 15 is 0 Å². The molecule has 142 valence electrons. The molecule has 0 radical (unpaired) electrons. The van der Waals surface area contributed by atoms with Crippen LogP contribution in [0.4, 0.5) is 11.4 Å². The molecule has 2 unspecified atom stereocenters. The molecule has 9 nitrogen and oxygen atoms in total. The molecule has 2 aromatic carbocycles. The Morgan fingerprint density at radius 2 is 1.44 bits per heavy atom. The number of rotatable bonds is 7. The van der Waals surface area contributed by atoms with Gasteiger partial charge >= 0.3 is 0 Å². The third-order valence-electron chi connectivity index (χ3n) is 3.62. The third-order valence-corrected chi connectivity index (χ3v) is 3.62. The quantitative estimate of drug-likeness (QED) is 0.217. The van der Waals surface area contributed by atoms with Gasteiger partial charge in [0.2, 0.25) is 6.17 Å². The summed E-state index contributed by atoms with van der Waals surface area (Å²) in [6.07, 6.45) is -2.43. The minimum Gasteiger partial charge on any atom is -0.324 e. The zero-order valence-corrected chi connectivity index (χ0v) is 15.1. The van der Waals surface area contributed by atoms with E-state index in [1.165, 1.54) is 0 Å². The molecule has 0 heterocycles. The highest BCUT2D eigenvalue weighted by atomic mass is 16.2.